The quantitative estimate of drug-likeness (QED) is 0.890. The number of hydrogen-bond acceptors (Lipinski definition) is 2. The number of benzene rings is 1. The third kappa shape index (κ3) is 3.62. The lowest BCUT2D eigenvalue weighted by molar-refractivity contribution is -0.120. The molecule has 1 aromatic carbocycles. The van der Waals surface area contributed by atoms with Crippen molar-refractivity contribution < 1.29 is 9.59 Å². The van der Waals surface area contributed by atoms with Crippen molar-refractivity contribution in [3.05, 3.63) is 33.8 Å². The van der Waals surface area contributed by atoms with Crippen LogP contribution in [0.2, 0.25) is 10.0 Å². The van der Waals surface area contributed by atoms with E-state index in [1.165, 1.54) is 12.1 Å². The van der Waals surface area contributed by atoms with Gasteiger partial charge in [-0.25, -0.2) is 0 Å². The van der Waals surface area contributed by atoms with Gasteiger partial charge in [-0.15, -0.1) is 0 Å². The van der Waals surface area contributed by atoms with E-state index in [9.17, 15) is 9.59 Å². The van der Waals surface area contributed by atoms with Gasteiger partial charge in [-0.2, -0.15) is 0 Å². The van der Waals surface area contributed by atoms with Gasteiger partial charge in [0.05, 0.1) is 17.1 Å². The van der Waals surface area contributed by atoms with Gasteiger partial charge in [0.25, 0.3) is 5.91 Å². The molecule has 2 rings (SSSR count). The fraction of sp³-hybridized carbons (Fsp3) is 0.333. The third-order valence-electron chi connectivity index (χ3n) is 2.53. The van der Waals surface area contributed by atoms with Crippen molar-refractivity contribution in [3.63, 3.8) is 0 Å². The van der Waals surface area contributed by atoms with Crippen LogP contribution in [0, 0.1) is 0 Å². The van der Waals surface area contributed by atoms with E-state index in [2.05, 4.69) is 10.6 Å². The van der Waals surface area contributed by atoms with Crippen molar-refractivity contribution >= 4 is 35.0 Å². The maximum atomic E-state index is 11.8. The van der Waals surface area contributed by atoms with Crippen LogP contribution in [0.5, 0.6) is 0 Å². The Kier molecular flexibility index (Phi) is 4.09. The molecule has 4 nitrogen and oxygen atoms in total. The van der Waals surface area contributed by atoms with Gasteiger partial charge >= 0.3 is 0 Å². The first-order chi connectivity index (χ1) is 8.56. The zero-order chi connectivity index (χ0) is 13.1. The highest BCUT2D eigenvalue weighted by Gasteiger charge is 2.23. The normalized spacial score (nSPS) is 14.1. The zero-order valence-electron chi connectivity index (χ0n) is 9.50. The number of halogens is 2. The second kappa shape index (κ2) is 5.59. The number of rotatable bonds is 4. The highest BCUT2D eigenvalue weighted by Crippen LogP contribution is 2.21. The predicted octanol–water partition coefficient (Wildman–Crippen LogP) is 2.00. The number of hydrogen-bond donors (Lipinski definition) is 2. The molecule has 0 bridgehead atoms. The molecule has 0 radical (unpaired) electrons. The minimum absolute atomic E-state index is 0.0473. The van der Waals surface area contributed by atoms with Gasteiger partial charge in [0.2, 0.25) is 5.91 Å². The average molecular weight is 287 g/mol. The number of carbonyl (C=O) groups is 2. The molecule has 2 N–H and O–H groups in total. The van der Waals surface area contributed by atoms with Crippen molar-refractivity contribution in [1.82, 2.24) is 10.6 Å². The molecule has 1 fully saturated rings. The van der Waals surface area contributed by atoms with Crippen molar-refractivity contribution in [2.45, 2.75) is 18.9 Å². The van der Waals surface area contributed by atoms with E-state index in [4.69, 9.17) is 23.2 Å². The maximum Gasteiger partial charge on any atom is 0.253 e. The molecule has 0 aromatic heterocycles. The minimum atomic E-state index is -0.386. The SMILES string of the molecule is O=C(CNC(=O)c1ccc(Cl)cc1Cl)NC1CC1. The van der Waals surface area contributed by atoms with Crippen LogP contribution in [0.3, 0.4) is 0 Å². The predicted molar refractivity (Wildman–Crippen MR) is 70.0 cm³/mol. The smallest absolute Gasteiger partial charge is 0.253 e. The van der Waals surface area contributed by atoms with E-state index in [1.54, 1.807) is 6.07 Å². The summed E-state index contributed by atoms with van der Waals surface area (Å²) in [7, 11) is 0. The topological polar surface area (TPSA) is 58.2 Å². The van der Waals surface area contributed by atoms with Gasteiger partial charge in [0.15, 0.2) is 0 Å². The summed E-state index contributed by atoms with van der Waals surface area (Å²) in [5, 5.41) is 6.02. The Morgan fingerprint density at radius 1 is 1.28 bits per heavy atom. The lowest BCUT2D eigenvalue weighted by atomic mass is 10.2. The van der Waals surface area contributed by atoms with Crippen LogP contribution in [0.4, 0.5) is 0 Å². The molecular weight excluding hydrogens is 275 g/mol. The molecule has 0 aliphatic heterocycles. The second-order valence-corrected chi connectivity index (χ2v) is 4.99. The van der Waals surface area contributed by atoms with Crippen LogP contribution in [0.25, 0.3) is 0 Å². The van der Waals surface area contributed by atoms with Crippen LogP contribution in [0.15, 0.2) is 18.2 Å². The first kappa shape index (κ1) is 13.2. The van der Waals surface area contributed by atoms with Crippen molar-refractivity contribution in [1.29, 1.82) is 0 Å². The molecule has 0 spiro atoms. The Morgan fingerprint density at radius 2 is 2.00 bits per heavy atom. The monoisotopic (exact) mass is 286 g/mol. The lowest BCUT2D eigenvalue weighted by Gasteiger charge is -2.07. The summed E-state index contributed by atoms with van der Waals surface area (Å²) in [4.78, 5) is 23.2. The van der Waals surface area contributed by atoms with E-state index in [0.29, 0.717) is 10.6 Å². The Bertz CT molecular complexity index is 487. The molecule has 0 atom stereocenters. The number of amides is 2. The van der Waals surface area contributed by atoms with E-state index in [1.807, 2.05) is 0 Å². The standard InChI is InChI=1S/C12H12Cl2N2O2/c13-7-1-4-9(10(14)5-7)12(18)15-6-11(17)16-8-2-3-8/h1,4-5,8H,2-3,6H2,(H,15,18)(H,16,17). The first-order valence-corrected chi connectivity index (χ1v) is 6.34. The first-order valence-electron chi connectivity index (χ1n) is 5.59. The van der Waals surface area contributed by atoms with Gasteiger partial charge < -0.3 is 10.6 Å². The molecule has 0 unspecified atom stereocenters. The van der Waals surface area contributed by atoms with Gasteiger partial charge in [-0.1, -0.05) is 23.2 Å². The summed E-state index contributed by atoms with van der Waals surface area (Å²) < 4.78 is 0. The zero-order valence-corrected chi connectivity index (χ0v) is 11.0. The number of nitrogens with one attached hydrogen (secondary N) is 2. The molecule has 18 heavy (non-hydrogen) atoms. The summed E-state index contributed by atoms with van der Waals surface area (Å²) >= 11 is 11.6. The Hall–Kier alpha value is -1.26. The second-order valence-electron chi connectivity index (χ2n) is 4.15. The Labute approximate surface area is 115 Å². The number of carbonyl (C=O) groups excluding carboxylic acids is 2. The third-order valence-corrected chi connectivity index (χ3v) is 3.08. The minimum Gasteiger partial charge on any atom is -0.352 e. The van der Waals surface area contributed by atoms with Crippen molar-refractivity contribution in [2.24, 2.45) is 0 Å². The van der Waals surface area contributed by atoms with Crippen LogP contribution < -0.4 is 10.6 Å². The highest BCUT2D eigenvalue weighted by atomic mass is 35.5. The van der Waals surface area contributed by atoms with Gasteiger partial charge in [0.1, 0.15) is 0 Å². The lowest BCUT2D eigenvalue weighted by Crippen LogP contribution is -2.37. The summed E-state index contributed by atoms with van der Waals surface area (Å²) in [6.45, 7) is -0.0473. The van der Waals surface area contributed by atoms with Gasteiger partial charge in [0, 0.05) is 11.1 Å². The fourth-order valence-corrected chi connectivity index (χ4v) is 1.93. The molecule has 6 heteroatoms. The molecule has 1 aromatic rings. The Balaban J connectivity index is 1.88. The van der Waals surface area contributed by atoms with Crippen molar-refractivity contribution in [3.8, 4) is 0 Å². The molecule has 1 saturated carbocycles. The van der Waals surface area contributed by atoms with Crippen molar-refractivity contribution in [2.75, 3.05) is 6.54 Å². The fourth-order valence-electron chi connectivity index (χ4n) is 1.44. The molecule has 0 saturated heterocycles. The van der Waals surface area contributed by atoms with Crippen LogP contribution in [-0.2, 0) is 4.79 Å². The Morgan fingerprint density at radius 3 is 2.61 bits per heavy atom. The molecular formula is C12H12Cl2N2O2. The largest absolute Gasteiger partial charge is 0.352 e. The molecule has 0 heterocycles. The molecule has 96 valence electrons. The summed E-state index contributed by atoms with van der Waals surface area (Å²) in [6, 6.07) is 4.88. The van der Waals surface area contributed by atoms with Gasteiger partial charge in [-0.3, -0.25) is 9.59 Å². The summed E-state index contributed by atoms with van der Waals surface area (Å²) in [5.74, 6) is -0.571. The summed E-state index contributed by atoms with van der Waals surface area (Å²) in [6.07, 6.45) is 2.03. The van der Waals surface area contributed by atoms with E-state index in [-0.39, 0.29) is 29.4 Å². The van der Waals surface area contributed by atoms with Crippen LogP contribution in [0.1, 0.15) is 23.2 Å². The molecule has 1 aliphatic carbocycles. The van der Waals surface area contributed by atoms with E-state index < -0.39 is 0 Å². The van der Waals surface area contributed by atoms with E-state index >= 15 is 0 Å². The molecule has 2 amide bonds. The average Bonchev–Trinajstić information content (AvgIpc) is 3.10. The van der Waals surface area contributed by atoms with Gasteiger partial charge in [-0.05, 0) is 31.0 Å². The molecule has 1 aliphatic rings. The van der Waals surface area contributed by atoms with Crippen LogP contribution >= 0.6 is 23.2 Å². The highest BCUT2D eigenvalue weighted by molar-refractivity contribution is 6.36. The van der Waals surface area contributed by atoms with E-state index in [0.717, 1.165) is 12.8 Å². The summed E-state index contributed by atoms with van der Waals surface area (Å²) in [5.41, 5.74) is 0.306. The van der Waals surface area contributed by atoms with Crippen LogP contribution in [-0.4, -0.2) is 24.4 Å². The maximum absolute atomic E-state index is 11.8.